The molecule has 20 heavy (non-hydrogen) atoms. The highest BCUT2D eigenvalue weighted by Gasteiger charge is 2.17. The monoisotopic (exact) mass is 295 g/mol. The van der Waals surface area contributed by atoms with Crippen molar-refractivity contribution in [1.82, 2.24) is 4.90 Å². The molecule has 0 radical (unpaired) electrons. The molecule has 2 rings (SSSR count). The van der Waals surface area contributed by atoms with Gasteiger partial charge in [-0.05, 0) is 50.0 Å². The van der Waals surface area contributed by atoms with Crippen LogP contribution in [0, 0.1) is 5.92 Å². The second-order valence-electron chi connectivity index (χ2n) is 5.79. The van der Waals surface area contributed by atoms with E-state index in [0.717, 1.165) is 37.7 Å². The Morgan fingerprint density at radius 1 is 1.25 bits per heavy atom. The van der Waals surface area contributed by atoms with Crippen molar-refractivity contribution in [3.8, 4) is 0 Å². The van der Waals surface area contributed by atoms with Gasteiger partial charge >= 0.3 is 0 Å². The summed E-state index contributed by atoms with van der Waals surface area (Å²) in [5, 5.41) is 0.820. The molecule has 0 bridgehead atoms. The minimum atomic E-state index is 0.655. The molecule has 1 aliphatic rings. The Balaban J connectivity index is 1.72. The molecule has 1 aromatic carbocycles. The van der Waals surface area contributed by atoms with E-state index in [1.807, 2.05) is 12.1 Å². The van der Waals surface area contributed by atoms with Gasteiger partial charge in [0, 0.05) is 36.9 Å². The van der Waals surface area contributed by atoms with E-state index in [9.17, 15) is 0 Å². The van der Waals surface area contributed by atoms with Crippen LogP contribution in [-0.2, 0) is 0 Å². The topological polar surface area (TPSA) is 32.5 Å². The SMILES string of the molecule is CC(CN)CCCN1CCN(c2cccc(Cl)c2)CC1. The van der Waals surface area contributed by atoms with Crippen molar-refractivity contribution in [3.63, 3.8) is 0 Å². The zero-order valence-electron chi connectivity index (χ0n) is 12.4. The van der Waals surface area contributed by atoms with Gasteiger partial charge in [0.25, 0.3) is 0 Å². The maximum Gasteiger partial charge on any atom is 0.0426 e. The lowest BCUT2D eigenvalue weighted by Gasteiger charge is -2.36. The van der Waals surface area contributed by atoms with Crippen LogP contribution < -0.4 is 10.6 Å². The summed E-state index contributed by atoms with van der Waals surface area (Å²) in [7, 11) is 0. The molecule has 2 N–H and O–H groups in total. The molecule has 1 heterocycles. The Kier molecular flexibility index (Phi) is 6.14. The van der Waals surface area contributed by atoms with E-state index in [2.05, 4.69) is 28.9 Å². The summed E-state index contributed by atoms with van der Waals surface area (Å²) < 4.78 is 0. The molecule has 4 heteroatoms. The van der Waals surface area contributed by atoms with Crippen LogP contribution in [0.5, 0.6) is 0 Å². The average molecular weight is 296 g/mol. The maximum absolute atomic E-state index is 6.06. The van der Waals surface area contributed by atoms with Gasteiger partial charge in [0.1, 0.15) is 0 Å². The highest BCUT2D eigenvalue weighted by atomic mass is 35.5. The summed E-state index contributed by atoms with van der Waals surface area (Å²) in [6.07, 6.45) is 2.50. The van der Waals surface area contributed by atoms with Crippen LogP contribution in [0.15, 0.2) is 24.3 Å². The van der Waals surface area contributed by atoms with Crippen LogP contribution in [0.1, 0.15) is 19.8 Å². The van der Waals surface area contributed by atoms with E-state index in [-0.39, 0.29) is 0 Å². The van der Waals surface area contributed by atoms with E-state index in [0.29, 0.717) is 5.92 Å². The Labute approximate surface area is 127 Å². The molecule has 1 fully saturated rings. The van der Waals surface area contributed by atoms with Gasteiger partial charge in [-0.2, -0.15) is 0 Å². The Morgan fingerprint density at radius 3 is 2.65 bits per heavy atom. The molecule has 112 valence electrons. The molecule has 1 aliphatic heterocycles. The van der Waals surface area contributed by atoms with Gasteiger partial charge in [-0.15, -0.1) is 0 Å². The first-order valence-corrected chi connectivity index (χ1v) is 8.00. The van der Waals surface area contributed by atoms with Crippen molar-refractivity contribution in [3.05, 3.63) is 29.3 Å². The lowest BCUT2D eigenvalue weighted by atomic mass is 10.1. The summed E-state index contributed by atoms with van der Waals surface area (Å²) in [5.41, 5.74) is 6.90. The summed E-state index contributed by atoms with van der Waals surface area (Å²) >= 11 is 6.06. The fraction of sp³-hybridized carbons (Fsp3) is 0.625. The maximum atomic E-state index is 6.06. The Bertz CT molecular complexity index is 402. The number of hydrogen-bond acceptors (Lipinski definition) is 3. The van der Waals surface area contributed by atoms with Crippen molar-refractivity contribution in [2.24, 2.45) is 11.7 Å². The van der Waals surface area contributed by atoms with E-state index < -0.39 is 0 Å². The molecule has 1 saturated heterocycles. The fourth-order valence-electron chi connectivity index (χ4n) is 2.68. The smallest absolute Gasteiger partial charge is 0.0426 e. The van der Waals surface area contributed by atoms with Crippen molar-refractivity contribution < 1.29 is 0 Å². The molecular formula is C16H26ClN3. The summed E-state index contributed by atoms with van der Waals surface area (Å²) in [6.45, 7) is 8.71. The van der Waals surface area contributed by atoms with Gasteiger partial charge < -0.3 is 10.6 Å². The van der Waals surface area contributed by atoms with Crippen molar-refractivity contribution in [1.29, 1.82) is 0 Å². The van der Waals surface area contributed by atoms with Crippen LogP contribution in [-0.4, -0.2) is 44.2 Å². The predicted molar refractivity (Wildman–Crippen MR) is 87.6 cm³/mol. The van der Waals surface area contributed by atoms with Gasteiger partial charge in [0.2, 0.25) is 0 Å². The molecule has 0 aliphatic carbocycles. The number of hydrogen-bond donors (Lipinski definition) is 1. The van der Waals surface area contributed by atoms with Gasteiger partial charge in [-0.1, -0.05) is 24.6 Å². The predicted octanol–water partition coefficient (Wildman–Crippen LogP) is 2.84. The van der Waals surface area contributed by atoms with Crippen LogP contribution in [0.2, 0.25) is 5.02 Å². The van der Waals surface area contributed by atoms with E-state index in [1.54, 1.807) is 0 Å². The first-order chi connectivity index (χ1) is 9.69. The van der Waals surface area contributed by atoms with Crippen LogP contribution in [0.4, 0.5) is 5.69 Å². The quantitative estimate of drug-likeness (QED) is 0.876. The molecular weight excluding hydrogens is 270 g/mol. The van der Waals surface area contributed by atoms with Gasteiger partial charge in [-0.25, -0.2) is 0 Å². The molecule has 1 unspecified atom stereocenters. The van der Waals surface area contributed by atoms with Crippen molar-refractivity contribution in [2.45, 2.75) is 19.8 Å². The minimum Gasteiger partial charge on any atom is -0.369 e. The van der Waals surface area contributed by atoms with Crippen molar-refractivity contribution >= 4 is 17.3 Å². The van der Waals surface area contributed by atoms with E-state index >= 15 is 0 Å². The molecule has 0 spiro atoms. The standard InChI is InChI=1S/C16H26ClN3/c1-14(13-18)4-3-7-19-8-10-20(11-9-19)16-6-2-5-15(17)12-16/h2,5-6,12,14H,3-4,7-11,13,18H2,1H3. The minimum absolute atomic E-state index is 0.655. The number of anilines is 1. The van der Waals surface area contributed by atoms with E-state index in [4.69, 9.17) is 17.3 Å². The molecule has 0 amide bonds. The van der Waals surface area contributed by atoms with Gasteiger partial charge in [0.15, 0.2) is 0 Å². The molecule has 3 nitrogen and oxygen atoms in total. The third-order valence-corrected chi connectivity index (χ3v) is 4.35. The van der Waals surface area contributed by atoms with Gasteiger partial charge in [-0.3, -0.25) is 4.90 Å². The van der Waals surface area contributed by atoms with Crippen LogP contribution >= 0.6 is 11.6 Å². The number of benzene rings is 1. The summed E-state index contributed by atoms with van der Waals surface area (Å²) in [4.78, 5) is 4.98. The number of halogens is 1. The normalized spacial score (nSPS) is 18.2. The fourth-order valence-corrected chi connectivity index (χ4v) is 2.87. The number of nitrogens with zero attached hydrogens (tertiary/aromatic N) is 2. The number of nitrogens with two attached hydrogens (primary N) is 1. The summed E-state index contributed by atoms with van der Waals surface area (Å²) in [5.74, 6) is 0.655. The largest absolute Gasteiger partial charge is 0.369 e. The van der Waals surface area contributed by atoms with Gasteiger partial charge in [0.05, 0.1) is 0 Å². The lowest BCUT2D eigenvalue weighted by molar-refractivity contribution is 0.248. The van der Waals surface area contributed by atoms with Crippen LogP contribution in [0.25, 0.3) is 0 Å². The summed E-state index contributed by atoms with van der Waals surface area (Å²) in [6, 6.07) is 8.16. The third kappa shape index (κ3) is 4.65. The Morgan fingerprint density at radius 2 is 2.00 bits per heavy atom. The zero-order chi connectivity index (χ0) is 14.4. The van der Waals surface area contributed by atoms with E-state index in [1.165, 1.54) is 25.1 Å². The lowest BCUT2D eigenvalue weighted by Crippen LogP contribution is -2.46. The molecule has 1 aromatic rings. The zero-order valence-corrected chi connectivity index (χ0v) is 13.1. The Hall–Kier alpha value is -0.770. The highest BCUT2D eigenvalue weighted by molar-refractivity contribution is 6.30. The third-order valence-electron chi connectivity index (χ3n) is 4.12. The van der Waals surface area contributed by atoms with Crippen molar-refractivity contribution in [2.75, 3.05) is 44.2 Å². The molecule has 0 saturated carbocycles. The molecule has 0 aromatic heterocycles. The average Bonchev–Trinajstić information content (AvgIpc) is 2.48. The second-order valence-corrected chi connectivity index (χ2v) is 6.23. The number of rotatable bonds is 6. The highest BCUT2D eigenvalue weighted by Crippen LogP contribution is 2.20. The van der Waals surface area contributed by atoms with Crippen LogP contribution in [0.3, 0.4) is 0 Å². The second kappa shape index (κ2) is 7.87. The number of piperazine rings is 1. The first-order valence-electron chi connectivity index (χ1n) is 7.62. The first kappa shape index (κ1) is 15.6. The molecule has 1 atom stereocenters.